The molecule has 0 bridgehead atoms. The number of aromatic carboxylic acids is 1. The summed E-state index contributed by atoms with van der Waals surface area (Å²) in [4.78, 5) is 15.4. The lowest BCUT2D eigenvalue weighted by Gasteiger charge is -2.09. The number of aromatic nitrogens is 3. The molecule has 0 atom stereocenters. The average Bonchev–Trinajstić information content (AvgIpc) is 2.84. The zero-order valence-electron chi connectivity index (χ0n) is 11.8. The van der Waals surface area contributed by atoms with Gasteiger partial charge in [0.05, 0.1) is 11.3 Å². The van der Waals surface area contributed by atoms with E-state index in [9.17, 15) is 9.18 Å². The number of halogens is 1. The molecule has 0 aliphatic carbocycles. The molecule has 0 aliphatic heterocycles. The Morgan fingerprint density at radius 1 is 1.48 bits per heavy atom. The number of nitrogens with zero attached hydrogens (tertiary/aromatic N) is 3. The van der Waals surface area contributed by atoms with Gasteiger partial charge in [-0.1, -0.05) is 13.8 Å². The van der Waals surface area contributed by atoms with Crippen molar-refractivity contribution in [3.63, 3.8) is 0 Å². The van der Waals surface area contributed by atoms with Crippen LogP contribution in [0.5, 0.6) is 0 Å². The van der Waals surface area contributed by atoms with Crippen molar-refractivity contribution in [2.45, 2.75) is 31.0 Å². The molecule has 0 saturated carbocycles. The lowest BCUT2D eigenvalue weighted by atomic mass is 10.2. The molecule has 0 radical (unpaired) electrons. The molecule has 0 unspecified atom stereocenters. The zero-order valence-corrected chi connectivity index (χ0v) is 12.6. The molecule has 112 valence electrons. The Labute approximate surface area is 126 Å². The number of carboxylic acid groups (broad SMARTS) is 1. The quantitative estimate of drug-likeness (QED) is 0.831. The van der Waals surface area contributed by atoms with Crippen molar-refractivity contribution in [1.29, 1.82) is 0 Å². The van der Waals surface area contributed by atoms with Gasteiger partial charge < -0.3 is 5.11 Å². The van der Waals surface area contributed by atoms with Gasteiger partial charge in [0.25, 0.3) is 0 Å². The van der Waals surface area contributed by atoms with Crippen LogP contribution in [0.1, 0.15) is 30.0 Å². The first kappa shape index (κ1) is 15.5. The maximum Gasteiger partial charge on any atom is 0.335 e. The van der Waals surface area contributed by atoms with E-state index in [0.717, 1.165) is 12.4 Å². The van der Waals surface area contributed by atoms with Crippen LogP contribution in [0.3, 0.4) is 0 Å². The highest BCUT2D eigenvalue weighted by Gasteiger charge is 2.11. The molecule has 1 heterocycles. The van der Waals surface area contributed by atoms with E-state index in [4.69, 9.17) is 5.11 Å². The van der Waals surface area contributed by atoms with Crippen LogP contribution in [0.25, 0.3) is 0 Å². The minimum absolute atomic E-state index is 0.0718. The smallest absolute Gasteiger partial charge is 0.335 e. The maximum atomic E-state index is 13.7. The Bertz CT molecular complexity index is 643. The molecular weight excluding hydrogens is 293 g/mol. The molecule has 1 aromatic carbocycles. The van der Waals surface area contributed by atoms with Crippen LogP contribution in [0.15, 0.2) is 29.4 Å². The minimum atomic E-state index is -1.07. The largest absolute Gasteiger partial charge is 0.478 e. The fraction of sp³-hybridized carbons (Fsp3) is 0.357. The molecule has 0 amide bonds. The van der Waals surface area contributed by atoms with Crippen molar-refractivity contribution in [2.75, 3.05) is 0 Å². The number of rotatable bonds is 6. The van der Waals surface area contributed by atoms with Gasteiger partial charge in [0, 0.05) is 11.4 Å². The van der Waals surface area contributed by atoms with E-state index >= 15 is 0 Å². The summed E-state index contributed by atoms with van der Waals surface area (Å²) in [7, 11) is 0. The van der Waals surface area contributed by atoms with E-state index in [2.05, 4.69) is 23.9 Å². The summed E-state index contributed by atoms with van der Waals surface area (Å²) in [6, 6.07) is 3.76. The van der Waals surface area contributed by atoms with Crippen LogP contribution in [-0.4, -0.2) is 25.8 Å². The van der Waals surface area contributed by atoms with Gasteiger partial charge in [-0.15, -0.1) is 11.8 Å². The number of carboxylic acids is 1. The fourth-order valence-corrected chi connectivity index (χ4v) is 2.71. The molecule has 1 aromatic heterocycles. The SMILES string of the molecule is CC(C)Cn1ncnc1CSc1cc(C(=O)O)ccc1F. The Morgan fingerprint density at radius 3 is 2.90 bits per heavy atom. The van der Waals surface area contributed by atoms with Crippen molar-refractivity contribution in [3.8, 4) is 0 Å². The van der Waals surface area contributed by atoms with E-state index in [1.165, 1.54) is 36.3 Å². The van der Waals surface area contributed by atoms with Crippen molar-refractivity contribution in [1.82, 2.24) is 14.8 Å². The molecule has 5 nitrogen and oxygen atoms in total. The summed E-state index contributed by atoms with van der Waals surface area (Å²) in [6.45, 7) is 4.90. The Kier molecular flexibility index (Phi) is 4.95. The van der Waals surface area contributed by atoms with E-state index < -0.39 is 11.8 Å². The van der Waals surface area contributed by atoms with Crippen molar-refractivity contribution >= 4 is 17.7 Å². The van der Waals surface area contributed by atoms with Crippen LogP contribution in [0, 0.1) is 11.7 Å². The highest BCUT2D eigenvalue weighted by Crippen LogP contribution is 2.26. The van der Waals surface area contributed by atoms with Crippen molar-refractivity contribution in [3.05, 3.63) is 41.7 Å². The summed E-state index contributed by atoms with van der Waals surface area (Å²) in [5.41, 5.74) is 0.0718. The summed E-state index contributed by atoms with van der Waals surface area (Å²) in [5.74, 6) is 0.114. The van der Waals surface area contributed by atoms with Gasteiger partial charge in [0.2, 0.25) is 0 Å². The number of benzene rings is 1. The van der Waals surface area contributed by atoms with Crippen LogP contribution in [0.2, 0.25) is 0 Å². The third kappa shape index (κ3) is 4.04. The third-order valence-electron chi connectivity index (χ3n) is 2.77. The van der Waals surface area contributed by atoms with Crippen LogP contribution in [0.4, 0.5) is 4.39 Å². The predicted molar refractivity (Wildman–Crippen MR) is 77.8 cm³/mol. The standard InChI is InChI=1S/C14H16FN3O2S/c1-9(2)6-18-13(16-8-17-18)7-21-12-5-10(14(19)20)3-4-11(12)15/h3-5,8-9H,6-7H2,1-2H3,(H,19,20). The molecule has 0 fully saturated rings. The van der Waals surface area contributed by atoms with E-state index in [1.807, 2.05) is 0 Å². The number of carbonyl (C=O) groups is 1. The first-order valence-corrected chi connectivity index (χ1v) is 7.48. The number of thioether (sulfide) groups is 1. The number of hydrogen-bond acceptors (Lipinski definition) is 4. The van der Waals surface area contributed by atoms with Gasteiger partial charge in [0.15, 0.2) is 0 Å². The van der Waals surface area contributed by atoms with Gasteiger partial charge in [-0.05, 0) is 24.1 Å². The lowest BCUT2D eigenvalue weighted by Crippen LogP contribution is -2.09. The average molecular weight is 309 g/mol. The summed E-state index contributed by atoms with van der Waals surface area (Å²) in [5, 5.41) is 13.1. The topological polar surface area (TPSA) is 68.0 Å². The van der Waals surface area contributed by atoms with Gasteiger partial charge in [-0.3, -0.25) is 0 Å². The molecule has 1 N–H and O–H groups in total. The second kappa shape index (κ2) is 6.71. The second-order valence-corrected chi connectivity index (χ2v) is 6.01. The minimum Gasteiger partial charge on any atom is -0.478 e. The number of hydrogen-bond donors (Lipinski definition) is 1. The maximum absolute atomic E-state index is 13.7. The van der Waals surface area contributed by atoms with Gasteiger partial charge in [-0.25, -0.2) is 18.9 Å². The highest BCUT2D eigenvalue weighted by molar-refractivity contribution is 7.98. The Morgan fingerprint density at radius 2 is 2.24 bits per heavy atom. The zero-order chi connectivity index (χ0) is 15.4. The van der Waals surface area contributed by atoms with Crippen LogP contribution >= 0.6 is 11.8 Å². The molecule has 2 rings (SSSR count). The van der Waals surface area contributed by atoms with Crippen molar-refractivity contribution < 1.29 is 14.3 Å². The van der Waals surface area contributed by atoms with Gasteiger partial charge in [-0.2, -0.15) is 5.10 Å². The van der Waals surface area contributed by atoms with E-state index in [0.29, 0.717) is 16.6 Å². The second-order valence-electron chi connectivity index (χ2n) is 4.99. The van der Waals surface area contributed by atoms with E-state index in [-0.39, 0.29) is 5.56 Å². The van der Waals surface area contributed by atoms with Crippen LogP contribution < -0.4 is 0 Å². The normalized spacial score (nSPS) is 11.0. The lowest BCUT2D eigenvalue weighted by molar-refractivity contribution is 0.0696. The third-order valence-corrected chi connectivity index (χ3v) is 3.80. The molecule has 2 aromatic rings. The Balaban J connectivity index is 2.11. The molecule has 21 heavy (non-hydrogen) atoms. The van der Waals surface area contributed by atoms with Crippen molar-refractivity contribution in [2.24, 2.45) is 5.92 Å². The molecule has 0 saturated heterocycles. The first-order chi connectivity index (χ1) is 9.97. The molecular formula is C14H16FN3O2S. The van der Waals surface area contributed by atoms with Gasteiger partial charge >= 0.3 is 5.97 Å². The molecule has 0 spiro atoms. The fourth-order valence-electron chi connectivity index (χ4n) is 1.79. The van der Waals surface area contributed by atoms with E-state index in [1.54, 1.807) is 4.68 Å². The highest BCUT2D eigenvalue weighted by atomic mass is 32.2. The monoisotopic (exact) mass is 309 g/mol. The summed E-state index contributed by atoms with van der Waals surface area (Å²) in [6.07, 6.45) is 1.47. The molecule has 7 heteroatoms. The summed E-state index contributed by atoms with van der Waals surface area (Å²) >= 11 is 1.22. The van der Waals surface area contributed by atoms with Crippen LogP contribution in [-0.2, 0) is 12.3 Å². The first-order valence-electron chi connectivity index (χ1n) is 6.49. The summed E-state index contributed by atoms with van der Waals surface area (Å²) < 4.78 is 15.5. The Hall–Kier alpha value is -1.89. The van der Waals surface area contributed by atoms with Gasteiger partial charge in [0.1, 0.15) is 18.0 Å². The molecule has 0 aliphatic rings. The predicted octanol–water partition coefficient (Wildman–Crippen LogP) is 3.06.